The number of rotatable bonds is 7. The van der Waals surface area contributed by atoms with E-state index in [1.165, 1.54) is 0 Å². The highest BCUT2D eigenvalue weighted by molar-refractivity contribution is 6.35. The van der Waals surface area contributed by atoms with Crippen LogP contribution in [0.2, 0.25) is 10.0 Å². The van der Waals surface area contributed by atoms with Gasteiger partial charge in [0, 0.05) is 34.8 Å². The van der Waals surface area contributed by atoms with E-state index in [2.05, 4.69) is 10.6 Å². The van der Waals surface area contributed by atoms with Gasteiger partial charge in [-0.25, -0.2) is 0 Å². The van der Waals surface area contributed by atoms with Crippen LogP contribution in [0.25, 0.3) is 0 Å². The van der Waals surface area contributed by atoms with E-state index in [9.17, 15) is 4.79 Å². The first-order valence-electron chi connectivity index (χ1n) is 7.23. The van der Waals surface area contributed by atoms with Crippen LogP contribution < -0.4 is 20.1 Å². The molecule has 7 heteroatoms. The number of ether oxygens (including phenoxy) is 2. The van der Waals surface area contributed by atoms with Crippen molar-refractivity contribution in [1.29, 1.82) is 0 Å². The molecule has 0 fully saturated rings. The number of methoxy groups -OCH3 is 2. The Balaban J connectivity index is 1.90. The quantitative estimate of drug-likeness (QED) is 0.757. The minimum atomic E-state index is -0.150. The summed E-state index contributed by atoms with van der Waals surface area (Å²) in [6.07, 6.45) is 0.268. The zero-order valence-electron chi connectivity index (χ0n) is 13.4. The van der Waals surface area contributed by atoms with Gasteiger partial charge in [0.05, 0.1) is 19.9 Å². The maximum atomic E-state index is 12.0. The fraction of sp³-hybridized carbons (Fsp3) is 0.235. The van der Waals surface area contributed by atoms with Gasteiger partial charge in [-0.15, -0.1) is 0 Å². The Bertz CT molecular complexity index is 703. The van der Waals surface area contributed by atoms with Crippen molar-refractivity contribution in [3.8, 4) is 11.5 Å². The normalized spacial score (nSPS) is 10.2. The first-order valence-corrected chi connectivity index (χ1v) is 7.99. The lowest BCUT2D eigenvalue weighted by Crippen LogP contribution is -2.16. The van der Waals surface area contributed by atoms with Crippen LogP contribution in [0, 0.1) is 0 Å². The molecule has 2 N–H and O–H groups in total. The minimum Gasteiger partial charge on any atom is -0.497 e. The number of nitrogens with one attached hydrogen (secondary N) is 2. The Morgan fingerprint density at radius 3 is 2.38 bits per heavy atom. The van der Waals surface area contributed by atoms with Gasteiger partial charge in [-0.3, -0.25) is 4.79 Å². The van der Waals surface area contributed by atoms with Crippen molar-refractivity contribution < 1.29 is 14.3 Å². The molecule has 0 saturated heterocycles. The van der Waals surface area contributed by atoms with Crippen molar-refractivity contribution in [3.63, 3.8) is 0 Å². The summed E-state index contributed by atoms with van der Waals surface area (Å²) in [5.74, 6) is 1.23. The standard InChI is InChI=1S/C17H18Cl2N2O3/c1-23-14-3-4-16(24-2)15(10-14)20-6-5-17(22)21-13-8-11(18)7-12(19)9-13/h3-4,7-10,20H,5-6H2,1-2H3,(H,21,22). The number of hydrogen-bond donors (Lipinski definition) is 2. The summed E-state index contributed by atoms with van der Waals surface area (Å²) in [5.41, 5.74) is 1.33. The molecule has 0 aromatic heterocycles. The van der Waals surface area contributed by atoms with Crippen LogP contribution in [-0.4, -0.2) is 26.7 Å². The highest BCUT2D eigenvalue weighted by atomic mass is 35.5. The third-order valence-electron chi connectivity index (χ3n) is 3.22. The van der Waals surface area contributed by atoms with Crippen LogP contribution in [0.1, 0.15) is 6.42 Å². The molecule has 0 aliphatic heterocycles. The van der Waals surface area contributed by atoms with Crippen molar-refractivity contribution in [1.82, 2.24) is 0 Å². The van der Waals surface area contributed by atoms with Crippen molar-refractivity contribution in [2.24, 2.45) is 0 Å². The van der Waals surface area contributed by atoms with Gasteiger partial charge in [0.25, 0.3) is 0 Å². The summed E-state index contributed by atoms with van der Waals surface area (Å²) in [7, 11) is 3.18. The molecule has 0 unspecified atom stereocenters. The van der Waals surface area contributed by atoms with Crippen molar-refractivity contribution in [2.75, 3.05) is 31.4 Å². The summed E-state index contributed by atoms with van der Waals surface area (Å²) in [6, 6.07) is 10.3. The van der Waals surface area contributed by atoms with Gasteiger partial charge in [-0.1, -0.05) is 23.2 Å². The Morgan fingerprint density at radius 1 is 1.04 bits per heavy atom. The van der Waals surface area contributed by atoms with Gasteiger partial charge in [-0.05, 0) is 30.3 Å². The zero-order valence-corrected chi connectivity index (χ0v) is 14.9. The van der Waals surface area contributed by atoms with E-state index in [0.29, 0.717) is 33.8 Å². The molecule has 2 aromatic carbocycles. The monoisotopic (exact) mass is 368 g/mol. The molecule has 5 nitrogen and oxygen atoms in total. The lowest BCUT2D eigenvalue weighted by molar-refractivity contribution is -0.115. The molecule has 2 aromatic rings. The average Bonchev–Trinajstić information content (AvgIpc) is 2.53. The Labute approximate surface area is 150 Å². The van der Waals surface area contributed by atoms with Gasteiger partial charge in [0.15, 0.2) is 0 Å². The molecule has 0 aliphatic carbocycles. The average molecular weight is 369 g/mol. The SMILES string of the molecule is COc1ccc(OC)c(NCCC(=O)Nc2cc(Cl)cc(Cl)c2)c1. The van der Waals surface area contributed by atoms with E-state index in [-0.39, 0.29) is 12.3 Å². The molecule has 0 saturated carbocycles. The number of benzene rings is 2. The largest absolute Gasteiger partial charge is 0.497 e. The number of halogens is 2. The van der Waals surface area contributed by atoms with Crippen LogP contribution in [0.15, 0.2) is 36.4 Å². The molecular weight excluding hydrogens is 351 g/mol. The highest BCUT2D eigenvalue weighted by Crippen LogP contribution is 2.28. The molecule has 0 heterocycles. The molecule has 0 spiro atoms. The second-order valence-electron chi connectivity index (χ2n) is 4.95. The van der Waals surface area contributed by atoms with Crippen molar-refractivity contribution in [2.45, 2.75) is 6.42 Å². The molecular formula is C17H18Cl2N2O3. The van der Waals surface area contributed by atoms with E-state index in [1.54, 1.807) is 44.6 Å². The summed E-state index contributed by atoms with van der Waals surface area (Å²) in [6.45, 7) is 0.434. The molecule has 0 atom stereocenters. The van der Waals surface area contributed by atoms with E-state index >= 15 is 0 Å². The molecule has 24 heavy (non-hydrogen) atoms. The first kappa shape index (κ1) is 18.2. The van der Waals surface area contributed by atoms with E-state index in [1.807, 2.05) is 6.07 Å². The summed E-state index contributed by atoms with van der Waals surface area (Å²) in [5, 5.41) is 6.86. The van der Waals surface area contributed by atoms with E-state index in [4.69, 9.17) is 32.7 Å². The van der Waals surface area contributed by atoms with E-state index in [0.717, 1.165) is 5.69 Å². The van der Waals surface area contributed by atoms with Crippen LogP contribution >= 0.6 is 23.2 Å². The summed E-state index contributed by atoms with van der Waals surface area (Å²) in [4.78, 5) is 12.0. The van der Waals surface area contributed by atoms with Crippen molar-refractivity contribution in [3.05, 3.63) is 46.4 Å². The lowest BCUT2D eigenvalue weighted by atomic mass is 10.2. The molecule has 128 valence electrons. The smallest absolute Gasteiger partial charge is 0.226 e. The fourth-order valence-electron chi connectivity index (χ4n) is 2.11. The highest BCUT2D eigenvalue weighted by Gasteiger charge is 2.07. The second-order valence-corrected chi connectivity index (χ2v) is 5.82. The second kappa shape index (κ2) is 8.66. The Hall–Kier alpha value is -2.11. The third kappa shape index (κ3) is 5.22. The van der Waals surface area contributed by atoms with Gasteiger partial charge in [-0.2, -0.15) is 0 Å². The minimum absolute atomic E-state index is 0.150. The van der Waals surface area contributed by atoms with Gasteiger partial charge < -0.3 is 20.1 Å². The predicted octanol–water partition coefficient (Wildman–Crippen LogP) is 4.45. The van der Waals surface area contributed by atoms with Gasteiger partial charge in [0.2, 0.25) is 5.91 Å². The number of hydrogen-bond acceptors (Lipinski definition) is 4. The number of carbonyl (C=O) groups is 1. The van der Waals surface area contributed by atoms with Crippen LogP contribution in [-0.2, 0) is 4.79 Å². The topological polar surface area (TPSA) is 59.6 Å². The lowest BCUT2D eigenvalue weighted by Gasteiger charge is -2.12. The first-order chi connectivity index (χ1) is 11.5. The van der Waals surface area contributed by atoms with Crippen LogP contribution in [0.3, 0.4) is 0 Å². The Morgan fingerprint density at radius 2 is 1.75 bits per heavy atom. The Kier molecular flexibility index (Phi) is 6.58. The predicted molar refractivity (Wildman–Crippen MR) is 97.7 cm³/mol. The maximum absolute atomic E-state index is 12.0. The summed E-state index contributed by atoms with van der Waals surface area (Å²) < 4.78 is 10.5. The summed E-state index contributed by atoms with van der Waals surface area (Å²) >= 11 is 11.8. The number of anilines is 2. The maximum Gasteiger partial charge on any atom is 0.226 e. The molecule has 0 bridgehead atoms. The molecule has 0 aliphatic rings. The van der Waals surface area contributed by atoms with Gasteiger partial charge in [0.1, 0.15) is 11.5 Å². The van der Waals surface area contributed by atoms with Crippen molar-refractivity contribution >= 4 is 40.5 Å². The number of carbonyl (C=O) groups excluding carboxylic acids is 1. The van der Waals surface area contributed by atoms with Crippen LogP contribution in [0.5, 0.6) is 11.5 Å². The third-order valence-corrected chi connectivity index (χ3v) is 3.66. The zero-order chi connectivity index (χ0) is 17.5. The molecule has 0 radical (unpaired) electrons. The molecule has 1 amide bonds. The van der Waals surface area contributed by atoms with Crippen LogP contribution in [0.4, 0.5) is 11.4 Å². The van der Waals surface area contributed by atoms with Gasteiger partial charge >= 0.3 is 0 Å². The van der Waals surface area contributed by atoms with E-state index < -0.39 is 0 Å². The molecule has 2 rings (SSSR count). The number of amides is 1. The fourth-order valence-corrected chi connectivity index (χ4v) is 2.64.